The van der Waals surface area contributed by atoms with Crippen LogP contribution in [0.2, 0.25) is 0 Å². The molecule has 5 nitrogen and oxygen atoms in total. The fourth-order valence-corrected chi connectivity index (χ4v) is 2.65. The third kappa shape index (κ3) is 2.50. The van der Waals surface area contributed by atoms with Crippen molar-refractivity contribution in [3.8, 4) is 17.2 Å². The first-order valence-corrected chi connectivity index (χ1v) is 7.10. The smallest absolute Gasteiger partial charge is 0.338 e. The van der Waals surface area contributed by atoms with Gasteiger partial charge >= 0.3 is 5.97 Å². The highest BCUT2D eigenvalue weighted by molar-refractivity contribution is 6.04. The SMILES string of the molecule is COC(=O)c1cccc2c1ccn2-c1cc(OC)ccc1OC. The van der Waals surface area contributed by atoms with Crippen molar-refractivity contribution in [1.29, 1.82) is 0 Å². The van der Waals surface area contributed by atoms with Gasteiger partial charge in [-0.25, -0.2) is 4.79 Å². The Bertz CT molecular complexity index is 867. The van der Waals surface area contributed by atoms with Crippen LogP contribution in [0.25, 0.3) is 16.6 Å². The number of hydrogen-bond donors (Lipinski definition) is 0. The molecule has 0 atom stereocenters. The maximum Gasteiger partial charge on any atom is 0.338 e. The highest BCUT2D eigenvalue weighted by atomic mass is 16.5. The van der Waals surface area contributed by atoms with Gasteiger partial charge in [0.25, 0.3) is 0 Å². The van der Waals surface area contributed by atoms with Crippen molar-refractivity contribution in [2.45, 2.75) is 0 Å². The van der Waals surface area contributed by atoms with E-state index in [1.807, 2.05) is 47.2 Å². The standard InChI is InChI=1S/C18H17NO4/c1-21-12-7-8-17(22-2)16(11-12)19-10-9-13-14(18(20)23-3)5-4-6-15(13)19/h4-11H,1-3H3. The lowest BCUT2D eigenvalue weighted by Crippen LogP contribution is -2.02. The van der Waals surface area contributed by atoms with E-state index in [2.05, 4.69) is 0 Å². The third-order valence-electron chi connectivity index (χ3n) is 3.78. The topological polar surface area (TPSA) is 49.7 Å². The minimum Gasteiger partial charge on any atom is -0.497 e. The number of methoxy groups -OCH3 is 3. The molecule has 1 aromatic heterocycles. The Labute approximate surface area is 134 Å². The van der Waals surface area contributed by atoms with Crippen LogP contribution >= 0.6 is 0 Å². The zero-order valence-corrected chi connectivity index (χ0v) is 13.2. The van der Waals surface area contributed by atoms with Gasteiger partial charge < -0.3 is 18.8 Å². The van der Waals surface area contributed by atoms with Gasteiger partial charge in [0.2, 0.25) is 0 Å². The van der Waals surface area contributed by atoms with E-state index in [0.717, 1.165) is 22.3 Å². The maximum atomic E-state index is 11.9. The van der Waals surface area contributed by atoms with Crippen molar-refractivity contribution >= 4 is 16.9 Å². The Morgan fingerprint density at radius 1 is 1.00 bits per heavy atom. The lowest BCUT2D eigenvalue weighted by Gasteiger charge is -2.13. The van der Waals surface area contributed by atoms with Gasteiger partial charge in [0.1, 0.15) is 11.5 Å². The van der Waals surface area contributed by atoms with E-state index < -0.39 is 0 Å². The first kappa shape index (κ1) is 15.0. The molecule has 2 aromatic carbocycles. The summed E-state index contributed by atoms with van der Waals surface area (Å²) in [6, 6.07) is 13.0. The molecule has 0 aliphatic heterocycles. The Hall–Kier alpha value is -2.95. The molecule has 0 radical (unpaired) electrons. The molecule has 0 saturated carbocycles. The molecular formula is C18H17NO4. The molecular weight excluding hydrogens is 294 g/mol. The molecule has 0 aliphatic carbocycles. The number of ether oxygens (including phenoxy) is 3. The number of aromatic nitrogens is 1. The van der Waals surface area contributed by atoms with E-state index in [9.17, 15) is 4.79 Å². The minimum atomic E-state index is -0.356. The van der Waals surface area contributed by atoms with Gasteiger partial charge in [0, 0.05) is 17.6 Å². The van der Waals surface area contributed by atoms with Crippen LogP contribution in [0.5, 0.6) is 11.5 Å². The van der Waals surface area contributed by atoms with Crippen LogP contribution in [-0.4, -0.2) is 31.9 Å². The summed E-state index contributed by atoms with van der Waals surface area (Å²) in [4.78, 5) is 11.9. The van der Waals surface area contributed by atoms with Crippen LogP contribution in [0, 0.1) is 0 Å². The Kier molecular flexibility index (Phi) is 3.93. The Morgan fingerprint density at radius 2 is 1.83 bits per heavy atom. The van der Waals surface area contributed by atoms with Crippen molar-refractivity contribution in [2.75, 3.05) is 21.3 Å². The molecule has 0 bridgehead atoms. The molecule has 0 spiro atoms. The first-order chi connectivity index (χ1) is 11.2. The number of carbonyl (C=O) groups excluding carboxylic acids is 1. The second kappa shape index (κ2) is 6.04. The van der Waals surface area contributed by atoms with E-state index in [0.29, 0.717) is 11.3 Å². The number of fused-ring (bicyclic) bond motifs is 1. The average molecular weight is 311 g/mol. The lowest BCUT2D eigenvalue weighted by molar-refractivity contribution is 0.0603. The summed E-state index contributed by atoms with van der Waals surface area (Å²) in [5.41, 5.74) is 2.26. The molecule has 0 saturated heterocycles. The van der Waals surface area contributed by atoms with Gasteiger partial charge in [-0.15, -0.1) is 0 Å². The van der Waals surface area contributed by atoms with Crippen molar-refractivity contribution in [2.24, 2.45) is 0 Å². The summed E-state index contributed by atoms with van der Waals surface area (Å²) >= 11 is 0. The van der Waals surface area contributed by atoms with Gasteiger partial charge in [-0.3, -0.25) is 0 Å². The van der Waals surface area contributed by atoms with Crippen LogP contribution in [-0.2, 0) is 4.74 Å². The summed E-state index contributed by atoms with van der Waals surface area (Å²) in [5, 5.41) is 0.823. The molecule has 3 aromatic rings. The molecule has 118 valence electrons. The monoisotopic (exact) mass is 311 g/mol. The fraction of sp³-hybridized carbons (Fsp3) is 0.167. The second-order valence-electron chi connectivity index (χ2n) is 4.95. The Morgan fingerprint density at radius 3 is 2.52 bits per heavy atom. The van der Waals surface area contributed by atoms with Crippen LogP contribution in [0.15, 0.2) is 48.7 Å². The zero-order valence-electron chi connectivity index (χ0n) is 13.2. The van der Waals surface area contributed by atoms with Gasteiger partial charge in [-0.05, 0) is 30.3 Å². The van der Waals surface area contributed by atoms with Gasteiger partial charge in [-0.1, -0.05) is 6.07 Å². The number of benzene rings is 2. The Balaban J connectivity index is 2.24. The van der Waals surface area contributed by atoms with E-state index in [1.54, 1.807) is 20.3 Å². The number of esters is 1. The van der Waals surface area contributed by atoms with E-state index in [1.165, 1.54) is 7.11 Å². The maximum absolute atomic E-state index is 11.9. The quantitative estimate of drug-likeness (QED) is 0.693. The van der Waals surface area contributed by atoms with Gasteiger partial charge in [-0.2, -0.15) is 0 Å². The summed E-state index contributed by atoms with van der Waals surface area (Å²) in [5.74, 6) is 1.09. The highest BCUT2D eigenvalue weighted by Crippen LogP contribution is 2.31. The largest absolute Gasteiger partial charge is 0.497 e. The van der Waals surface area contributed by atoms with E-state index in [-0.39, 0.29) is 5.97 Å². The average Bonchev–Trinajstić information content (AvgIpc) is 3.04. The number of carbonyl (C=O) groups is 1. The van der Waals surface area contributed by atoms with Crippen molar-refractivity contribution in [1.82, 2.24) is 4.57 Å². The van der Waals surface area contributed by atoms with Crippen LogP contribution < -0.4 is 9.47 Å². The molecule has 5 heteroatoms. The van der Waals surface area contributed by atoms with Crippen molar-refractivity contribution < 1.29 is 19.0 Å². The number of rotatable bonds is 4. The fourth-order valence-electron chi connectivity index (χ4n) is 2.65. The molecule has 0 aliphatic rings. The molecule has 1 heterocycles. The first-order valence-electron chi connectivity index (χ1n) is 7.10. The van der Waals surface area contributed by atoms with E-state index in [4.69, 9.17) is 14.2 Å². The van der Waals surface area contributed by atoms with E-state index >= 15 is 0 Å². The zero-order chi connectivity index (χ0) is 16.4. The van der Waals surface area contributed by atoms with Crippen LogP contribution in [0.4, 0.5) is 0 Å². The van der Waals surface area contributed by atoms with Gasteiger partial charge in [0.05, 0.1) is 38.1 Å². The summed E-state index contributed by atoms with van der Waals surface area (Å²) in [6.07, 6.45) is 1.90. The molecule has 0 unspecified atom stereocenters. The van der Waals surface area contributed by atoms with Crippen molar-refractivity contribution in [3.05, 3.63) is 54.2 Å². The molecule has 23 heavy (non-hydrogen) atoms. The van der Waals surface area contributed by atoms with Crippen molar-refractivity contribution in [3.63, 3.8) is 0 Å². The number of hydrogen-bond acceptors (Lipinski definition) is 4. The van der Waals surface area contributed by atoms with Gasteiger partial charge in [0.15, 0.2) is 0 Å². The summed E-state index contributed by atoms with van der Waals surface area (Å²) in [6.45, 7) is 0. The molecule has 3 rings (SSSR count). The second-order valence-corrected chi connectivity index (χ2v) is 4.95. The predicted octanol–water partition coefficient (Wildman–Crippen LogP) is 3.43. The predicted molar refractivity (Wildman–Crippen MR) is 87.7 cm³/mol. The third-order valence-corrected chi connectivity index (χ3v) is 3.78. The number of nitrogens with zero attached hydrogens (tertiary/aromatic N) is 1. The normalized spacial score (nSPS) is 10.6. The van der Waals surface area contributed by atoms with Crippen LogP contribution in [0.3, 0.4) is 0 Å². The molecule has 0 N–H and O–H groups in total. The minimum absolute atomic E-state index is 0.356. The molecule has 0 fully saturated rings. The molecule has 0 amide bonds. The summed E-state index contributed by atoms with van der Waals surface area (Å²) < 4.78 is 17.6. The van der Waals surface area contributed by atoms with Crippen LogP contribution in [0.1, 0.15) is 10.4 Å². The highest BCUT2D eigenvalue weighted by Gasteiger charge is 2.15. The summed E-state index contributed by atoms with van der Waals surface area (Å²) in [7, 11) is 4.62. The lowest BCUT2D eigenvalue weighted by atomic mass is 10.1.